The molecule has 0 aliphatic heterocycles. The maximum atomic E-state index is 11.1. The Labute approximate surface area is 79.8 Å². The van der Waals surface area contributed by atoms with Crippen LogP contribution in [0.4, 0.5) is 0 Å². The molecular formula is C10H17NO2. The molecule has 0 aromatic rings. The van der Waals surface area contributed by atoms with Crippen LogP contribution in [0.3, 0.4) is 0 Å². The first-order valence-corrected chi connectivity index (χ1v) is 4.51. The quantitative estimate of drug-likeness (QED) is 0.491. The number of hydrogen-bond acceptors (Lipinski definition) is 2. The fourth-order valence-electron chi connectivity index (χ4n) is 0.854. The zero-order chi connectivity index (χ0) is 10.1. The van der Waals surface area contributed by atoms with Crippen LogP contribution in [0.2, 0.25) is 0 Å². The van der Waals surface area contributed by atoms with E-state index >= 15 is 0 Å². The predicted octanol–water partition coefficient (Wildman–Crippen LogP) is 0.941. The molecule has 3 heteroatoms. The average molecular weight is 183 g/mol. The molecule has 1 amide bonds. The molecule has 0 saturated heterocycles. The molecule has 0 aromatic carbocycles. The highest BCUT2D eigenvalue weighted by Gasteiger charge is 2.05. The number of carbonyl (C=O) groups is 1. The molecule has 0 heterocycles. The molecular weight excluding hydrogens is 166 g/mol. The summed E-state index contributed by atoms with van der Waals surface area (Å²) in [5.74, 6) is 2.38. The molecule has 13 heavy (non-hydrogen) atoms. The number of carbonyl (C=O) groups excluding carboxylic acids is 1. The summed E-state index contributed by atoms with van der Waals surface area (Å²) in [4.78, 5) is 11.1. The van der Waals surface area contributed by atoms with Crippen LogP contribution in [-0.4, -0.2) is 25.2 Å². The Morgan fingerprint density at radius 2 is 2.38 bits per heavy atom. The van der Waals surface area contributed by atoms with E-state index in [1.807, 2.05) is 13.8 Å². The van der Waals surface area contributed by atoms with Crippen molar-refractivity contribution in [3.8, 4) is 12.3 Å². The van der Waals surface area contributed by atoms with Crippen molar-refractivity contribution >= 4 is 5.91 Å². The topological polar surface area (TPSA) is 38.3 Å². The van der Waals surface area contributed by atoms with Gasteiger partial charge in [0.2, 0.25) is 5.91 Å². The molecule has 0 rings (SSSR count). The van der Waals surface area contributed by atoms with Gasteiger partial charge >= 0.3 is 0 Å². The van der Waals surface area contributed by atoms with Crippen LogP contribution in [0.1, 0.15) is 26.7 Å². The Balaban J connectivity index is 3.45. The lowest BCUT2D eigenvalue weighted by molar-refractivity contribution is -0.126. The van der Waals surface area contributed by atoms with E-state index < -0.39 is 0 Å². The van der Waals surface area contributed by atoms with Gasteiger partial charge in [0.05, 0.1) is 0 Å². The standard InChI is InChI=1S/C10H17NO2/c1-4-6-9(3)11-10(12)8-13-7-5-2/h1,9H,5-8H2,2-3H3,(H,11,12). The van der Waals surface area contributed by atoms with Gasteiger partial charge in [-0.05, 0) is 13.3 Å². The van der Waals surface area contributed by atoms with E-state index in [0.29, 0.717) is 13.0 Å². The highest BCUT2D eigenvalue weighted by atomic mass is 16.5. The minimum Gasteiger partial charge on any atom is -0.372 e. The third kappa shape index (κ3) is 7.35. The number of ether oxygens (including phenoxy) is 1. The minimum absolute atomic E-state index is 0.0303. The van der Waals surface area contributed by atoms with E-state index in [9.17, 15) is 4.79 Å². The van der Waals surface area contributed by atoms with Crippen molar-refractivity contribution in [1.82, 2.24) is 5.32 Å². The molecule has 0 saturated carbocycles. The van der Waals surface area contributed by atoms with Gasteiger partial charge < -0.3 is 10.1 Å². The molecule has 1 atom stereocenters. The summed E-state index contributed by atoms with van der Waals surface area (Å²) in [6, 6.07) is 0.0303. The van der Waals surface area contributed by atoms with Gasteiger partial charge in [0, 0.05) is 19.1 Å². The van der Waals surface area contributed by atoms with Crippen molar-refractivity contribution in [3.05, 3.63) is 0 Å². The second kappa shape index (κ2) is 7.63. The van der Waals surface area contributed by atoms with Gasteiger partial charge in [-0.2, -0.15) is 0 Å². The van der Waals surface area contributed by atoms with Gasteiger partial charge in [-0.1, -0.05) is 6.92 Å². The Morgan fingerprint density at radius 3 is 2.92 bits per heavy atom. The van der Waals surface area contributed by atoms with Crippen molar-refractivity contribution in [2.24, 2.45) is 0 Å². The minimum atomic E-state index is -0.101. The third-order valence-electron chi connectivity index (χ3n) is 1.41. The SMILES string of the molecule is C#CCC(C)NC(=O)COCCC. The van der Waals surface area contributed by atoms with E-state index in [0.717, 1.165) is 6.42 Å². The van der Waals surface area contributed by atoms with Crippen molar-refractivity contribution in [2.45, 2.75) is 32.7 Å². The fourth-order valence-corrected chi connectivity index (χ4v) is 0.854. The van der Waals surface area contributed by atoms with E-state index in [1.54, 1.807) is 0 Å². The fraction of sp³-hybridized carbons (Fsp3) is 0.700. The van der Waals surface area contributed by atoms with Gasteiger partial charge in [-0.3, -0.25) is 4.79 Å². The van der Waals surface area contributed by atoms with Crippen molar-refractivity contribution in [3.63, 3.8) is 0 Å². The molecule has 3 nitrogen and oxygen atoms in total. The lowest BCUT2D eigenvalue weighted by atomic mass is 10.2. The number of nitrogens with one attached hydrogen (secondary N) is 1. The van der Waals surface area contributed by atoms with Crippen LogP contribution >= 0.6 is 0 Å². The van der Waals surface area contributed by atoms with Crippen molar-refractivity contribution in [1.29, 1.82) is 0 Å². The smallest absolute Gasteiger partial charge is 0.246 e. The van der Waals surface area contributed by atoms with E-state index in [-0.39, 0.29) is 18.6 Å². The summed E-state index contributed by atoms with van der Waals surface area (Å²) in [7, 11) is 0. The predicted molar refractivity (Wildman–Crippen MR) is 52.2 cm³/mol. The summed E-state index contributed by atoms with van der Waals surface area (Å²) < 4.78 is 5.06. The first-order valence-electron chi connectivity index (χ1n) is 4.51. The van der Waals surface area contributed by atoms with Gasteiger partial charge in [-0.15, -0.1) is 12.3 Å². The first kappa shape index (κ1) is 12.0. The molecule has 0 bridgehead atoms. The van der Waals surface area contributed by atoms with Crippen LogP contribution in [0.5, 0.6) is 0 Å². The van der Waals surface area contributed by atoms with Gasteiger partial charge in [0.1, 0.15) is 6.61 Å². The molecule has 0 aliphatic carbocycles. The lowest BCUT2D eigenvalue weighted by Crippen LogP contribution is -2.35. The molecule has 0 radical (unpaired) electrons. The Hall–Kier alpha value is -1.01. The summed E-state index contributed by atoms with van der Waals surface area (Å²) in [5, 5.41) is 2.73. The molecule has 1 unspecified atom stereocenters. The Bertz CT molecular complexity index is 184. The second-order valence-corrected chi connectivity index (χ2v) is 2.93. The van der Waals surface area contributed by atoms with Gasteiger partial charge in [-0.25, -0.2) is 0 Å². The highest BCUT2D eigenvalue weighted by Crippen LogP contribution is 1.88. The van der Waals surface area contributed by atoms with Crippen LogP contribution in [-0.2, 0) is 9.53 Å². The summed E-state index contributed by atoms with van der Waals surface area (Å²) in [6.07, 6.45) is 6.57. The number of hydrogen-bond donors (Lipinski definition) is 1. The molecule has 0 aliphatic rings. The monoisotopic (exact) mass is 183 g/mol. The molecule has 0 fully saturated rings. The second-order valence-electron chi connectivity index (χ2n) is 2.93. The van der Waals surface area contributed by atoms with Crippen LogP contribution in [0, 0.1) is 12.3 Å². The number of terminal acetylenes is 1. The summed E-state index contributed by atoms with van der Waals surface area (Å²) in [5.41, 5.74) is 0. The van der Waals surface area contributed by atoms with Gasteiger partial charge in [0.25, 0.3) is 0 Å². The van der Waals surface area contributed by atoms with E-state index in [1.165, 1.54) is 0 Å². The van der Waals surface area contributed by atoms with Crippen LogP contribution in [0.25, 0.3) is 0 Å². The van der Waals surface area contributed by atoms with Crippen molar-refractivity contribution < 1.29 is 9.53 Å². The Kier molecular flexibility index (Phi) is 7.04. The third-order valence-corrected chi connectivity index (χ3v) is 1.41. The molecule has 0 aromatic heterocycles. The molecule has 0 spiro atoms. The number of amides is 1. The largest absolute Gasteiger partial charge is 0.372 e. The van der Waals surface area contributed by atoms with E-state index in [2.05, 4.69) is 11.2 Å². The van der Waals surface area contributed by atoms with E-state index in [4.69, 9.17) is 11.2 Å². The van der Waals surface area contributed by atoms with Crippen LogP contribution in [0.15, 0.2) is 0 Å². The zero-order valence-electron chi connectivity index (χ0n) is 8.30. The van der Waals surface area contributed by atoms with Gasteiger partial charge in [0.15, 0.2) is 0 Å². The molecule has 74 valence electrons. The summed E-state index contributed by atoms with van der Waals surface area (Å²) >= 11 is 0. The summed E-state index contributed by atoms with van der Waals surface area (Å²) in [6.45, 7) is 4.62. The zero-order valence-corrected chi connectivity index (χ0v) is 8.30. The Morgan fingerprint density at radius 1 is 1.69 bits per heavy atom. The van der Waals surface area contributed by atoms with Crippen LogP contribution < -0.4 is 5.32 Å². The normalized spacial score (nSPS) is 11.8. The maximum absolute atomic E-state index is 11.1. The highest BCUT2D eigenvalue weighted by molar-refractivity contribution is 5.77. The van der Waals surface area contributed by atoms with Crippen molar-refractivity contribution in [2.75, 3.05) is 13.2 Å². The first-order chi connectivity index (χ1) is 6.20. The number of rotatable bonds is 6. The average Bonchev–Trinajstić information content (AvgIpc) is 2.05. The lowest BCUT2D eigenvalue weighted by Gasteiger charge is -2.10. The molecule has 1 N–H and O–H groups in total. The maximum Gasteiger partial charge on any atom is 0.246 e.